The van der Waals surface area contributed by atoms with Crippen LogP contribution < -0.4 is 4.89 Å². The van der Waals surface area contributed by atoms with Crippen LogP contribution in [0, 0.1) is 6.92 Å². The molecule has 0 aromatic carbocycles. The molecule has 0 bridgehead atoms. The lowest BCUT2D eigenvalue weighted by Gasteiger charge is -2.04. The van der Waals surface area contributed by atoms with E-state index in [9.17, 15) is 8.42 Å². The molecule has 5 nitrogen and oxygen atoms in total. The van der Waals surface area contributed by atoms with Gasteiger partial charge in [-0.25, -0.2) is 8.42 Å². The molecule has 0 fully saturated rings. The quantitative estimate of drug-likeness (QED) is 0.637. The molecule has 92 valence electrons. The van der Waals surface area contributed by atoms with Gasteiger partial charge in [0.25, 0.3) is 10.0 Å². The molecule has 16 heavy (non-hydrogen) atoms. The molecule has 1 aromatic rings. The lowest BCUT2D eigenvalue weighted by atomic mass is 10.4. The summed E-state index contributed by atoms with van der Waals surface area (Å²) in [5.74, 6) is 0. The SMILES string of the molecule is COCCONS(=O)(=O)c1cc(C)c(Br)s1. The van der Waals surface area contributed by atoms with Gasteiger partial charge in [0.05, 0.1) is 17.0 Å². The minimum atomic E-state index is -3.58. The Labute approximate surface area is 107 Å². The van der Waals surface area contributed by atoms with Gasteiger partial charge in [-0.15, -0.1) is 11.3 Å². The Balaban J connectivity index is 2.64. The summed E-state index contributed by atoms with van der Waals surface area (Å²) in [5.41, 5.74) is 0.877. The van der Waals surface area contributed by atoms with E-state index in [1.54, 1.807) is 6.07 Å². The number of hydrogen-bond donors (Lipinski definition) is 1. The summed E-state index contributed by atoms with van der Waals surface area (Å²) in [6.07, 6.45) is 0. The van der Waals surface area contributed by atoms with E-state index in [1.807, 2.05) is 11.8 Å². The second kappa shape index (κ2) is 6.08. The van der Waals surface area contributed by atoms with Crippen LogP contribution in [0.1, 0.15) is 5.56 Å². The van der Waals surface area contributed by atoms with Gasteiger partial charge in [0.2, 0.25) is 0 Å². The Morgan fingerprint density at radius 2 is 2.19 bits per heavy atom. The number of nitrogens with one attached hydrogen (secondary N) is 1. The van der Waals surface area contributed by atoms with E-state index in [0.717, 1.165) is 20.7 Å². The smallest absolute Gasteiger partial charge is 0.271 e. The van der Waals surface area contributed by atoms with Crippen LogP contribution in [0.25, 0.3) is 0 Å². The molecule has 0 atom stereocenters. The third-order valence-corrected chi connectivity index (χ3v) is 5.48. The standard InChI is InChI=1S/C8H12BrNO4S2/c1-6-5-7(15-8(6)9)16(11,12)10-14-4-3-13-2/h5,10H,3-4H2,1-2H3. The fourth-order valence-electron chi connectivity index (χ4n) is 0.850. The largest absolute Gasteiger partial charge is 0.382 e. The molecule has 0 unspecified atom stereocenters. The Morgan fingerprint density at radius 1 is 1.50 bits per heavy atom. The molecule has 0 saturated heterocycles. The maximum Gasteiger partial charge on any atom is 0.271 e. The first-order chi connectivity index (χ1) is 7.47. The first-order valence-electron chi connectivity index (χ1n) is 4.36. The van der Waals surface area contributed by atoms with E-state index < -0.39 is 10.0 Å². The third-order valence-electron chi connectivity index (χ3n) is 1.66. The number of methoxy groups -OCH3 is 1. The maximum absolute atomic E-state index is 11.7. The number of hydrogen-bond acceptors (Lipinski definition) is 5. The molecular weight excluding hydrogens is 318 g/mol. The predicted octanol–water partition coefficient (Wildman–Crippen LogP) is 1.68. The van der Waals surface area contributed by atoms with Crippen molar-refractivity contribution in [2.45, 2.75) is 11.1 Å². The molecule has 1 rings (SSSR count). The third kappa shape index (κ3) is 3.79. The second-order valence-corrected chi connectivity index (χ2v) is 7.19. The number of aryl methyl sites for hydroxylation is 1. The summed E-state index contributed by atoms with van der Waals surface area (Å²) in [4.78, 5) is 6.80. The molecule has 0 spiro atoms. The average molecular weight is 330 g/mol. The highest BCUT2D eigenvalue weighted by Gasteiger charge is 2.18. The number of sulfonamides is 1. The fourth-order valence-corrected chi connectivity index (χ4v) is 3.88. The van der Waals surface area contributed by atoms with Crippen LogP contribution in [-0.2, 0) is 19.6 Å². The zero-order valence-corrected chi connectivity index (χ0v) is 12.0. The van der Waals surface area contributed by atoms with E-state index in [2.05, 4.69) is 15.9 Å². The highest BCUT2D eigenvalue weighted by molar-refractivity contribution is 9.11. The van der Waals surface area contributed by atoms with Gasteiger partial charge >= 0.3 is 0 Å². The second-order valence-electron chi connectivity index (χ2n) is 2.95. The summed E-state index contributed by atoms with van der Waals surface area (Å²) in [5, 5.41) is 0. The van der Waals surface area contributed by atoms with E-state index in [-0.39, 0.29) is 10.8 Å². The summed E-state index contributed by atoms with van der Waals surface area (Å²) in [6.45, 7) is 2.32. The summed E-state index contributed by atoms with van der Waals surface area (Å²) >= 11 is 4.41. The van der Waals surface area contributed by atoms with E-state index in [0.29, 0.717) is 6.61 Å². The molecule has 0 saturated carbocycles. The van der Waals surface area contributed by atoms with Crippen molar-refractivity contribution in [3.63, 3.8) is 0 Å². The van der Waals surface area contributed by atoms with Gasteiger partial charge in [-0.2, -0.15) is 0 Å². The summed E-state index contributed by atoms with van der Waals surface area (Å²) < 4.78 is 29.1. The molecule has 0 radical (unpaired) electrons. The van der Waals surface area contributed by atoms with Crippen LogP contribution >= 0.6 is 27.3 Å². The molecule has 8 heteroatoms. The van der Waals surface area contributed by atoms with Gasteiger partial charge in [-0.1, -0.05) is 4.89 Å². The van der Waals surface area contributed by atoms with Gasteiger partial charge < -0.3 is 4.74 Å². The van der Waals surface area contributed by atoms with Crippen LogP contribution in [0.2, 0.25) is 0 Å². The van der Waals surface area contributed by atoms with Crippen LogP contribution in [0.5, 0.6) is 0 Å². The number of ether oxygens (including phenoxy) is 1. The van der Waals surface area contributed by atoms with Crippen LogP contribution in [-0.4, -0.2) is 28.7 Å². The Morgan fingerprint density at radius 3 is 2.69 bits per heavy atom. The van der Waals surface area contributed by atoms with E-state index in [4.69, 9.17) is 9.57 Å². The monoisotopic (exact) mass is 329 g/mol. The summed E-state index contributed by atoms with van der Waals surface area (Å²) in [7, 11) is -2.07. The molecule has 0 aliphatic carbocycles. The highest BCUT2D eigenvalue weighted by atomic mass is 79.9. The zero-order chi connectivity index (χ0) is 12.2. The molecule has 1 aromatic heterocycles. The van der Waals surface area contributed by atoms with Crippen molar-refractivity contribution in [1.29, 1.82) is 0 Å². The Hall–Kier alpha value is 0.01000. The predicted molar refractivity (Wildman–Crippen MR) is 64.9 cm³/mol. The van der Waals surface area contributed by atoms with Crippen molar-refractivity contribution < 1.29 is 18.0 Å². The van der Waals surface area contributed by atoms with Crippen molar-refractivity contribution in [3.8, 4) is 0 Å². The lowest BCUT2D eigenvalue weighted by Crippen LogP contribution is -2.25. The van der Waals surface area contributed by atoms with Crippen molar-refractivity contribution in [3.05, 3.63) is 15.4 Å². The lowest BCUT2D eigenvalue weighted by molar-refractivity contribution is 0.0439. The van der Waals surface area contributed by atoms with Gasteiger partial charge in [0, 0.05) is 7.11 Å². The van der Waals surface area contributed by atoms with Crippen LogP contribution in [0.4, 0.5) is 0 Å². The Bertz CT molecular complexity index is 423. The molecule has 0 amide bonds. The average Bonchev–Trinajstić information content (AvgIpc) is 2.55. The first kappa shape index (κ1) is 14.1. The minimum Gasteiger partial charge on any atom is -0.382 e. The normalized spacial score (nSPS) is 11.9. The van der Waals surface area contributed by atoms with Crippen LogP contribution in [0.15, 0.2) is 14.1 Å². The van der Waals surface area contributed by atoms with Gasteiger partial charge in [-0.05, 0) is 34.5 Å². The van der Waals surface area contributed by atoms with Gasteiger partial charge in [0.1, 0.15) is 4.21 Å². The first-order valence-corrected chi connectivity index (χ1v) is 7.45. The molecule has 1 N–H and O–H groups in total. The number of thiophene rings is 1. The summed E-state index contributed by atoms with van der Waals surface area (Å²) in [6, 6.07) is 1.58. The molecular formula is C8H12BrNO4S2. The number of halogens is 1. The topological polar surface area (TPSA) is 64.6 Å². The molecule has 0 aliphatic heterocycles. The minimum absolute atomic E-state index is 0.168. The van der Waals surface area contributed by atoms with Crippen LogP contribution in [0.3, 0.4) is 0 Å². The fraction of sp³-hybridized carbons (Fsp3) is 0.500. The van der Waals surface area contributed by atoms with E-state index in [1.165, 1.54) is 7.11 Å². The van der Waals surface area contributed by atoms with Gasteiger partial charge in [-0.3, -0.25) is 4.84 Å². The van der Waals surface area contributed by atoms with Crippen molar-refractivity contribution in [2.24, 2.45) is 0 Å². The van der Waals surface area contributed by atoms with Crippen molar-refractivity contribution in [2.75, 3.05) is 20.3 Å². The molecule has 1 heterocycles. The molecule has 0 aliphatic rings. The zero-order valence-electron chi connectivity index (χ0n) is 8.82. The van der Waals surface area contributed by atoms with Gasteiger partial charge in [0.15, 0.2) is 0 Å². The van der Waals surface area contributed by atoms with Crippen molar-refractivity contribution in [1.82, 2.24) is 4.89 Å². The maximum atomic E-state index is 11.7. The number of rotatable bonds is 6. The Kier molecular flexibility index (Phi) is 5.35. The van der Waals surface area contributed by atoms with Crippen molar-refractivity contribution >= 4 is 37.3 Å². The van der Waals surface area contributed by atoms with E-state index >= 15 is 0 Å². The highest BCUT2D eigenvalue weighted by Crippen LogP contribution is 2.30.